The van der Waals surface area contributed by atoms with Gasteiger partial charge < -0.3 is 4.84 Å². The number of hydrogen-bond acceptors (Lipinski definition) is 5. The molecule has 2 rings (SSSR count). The van der Waals surface area contributed by atoms with Crippen molar-refractivity contribution in [2.45, 2.75) is 32.1 Å². The predicted molar refractivity (Wildman–Crippen MR) is 66.6 cm³/mol. The molecule has 0 aromatic carbocycles. The molecule has 0 unspecified atom stereocenters. The molecule has 0 spiro atoms. The van der Waals surface area contributed by atoms with Crippen molar-refractivity contribution in [3.8, 4) is 0 Å². The molecule has 2 amide bonds. The van der Waals surface area contributed by atoms with Crippen molar-refractivity contribution in [1.29, 1.82) is 0 Å². The van der Waals surface area contributed by atoms with Crippen LogP contribution in [0.5, 0.6) is 0 Å². The molecule has 1 fully saturated rings. The van der Waals surface area contributed by atoms with Crippen LogP contribution in [-0.4, -0.2) is 47.4 Å². The summed E-state index contributed by atoms with van der Waals surface area (Å²) in [5.74, 6) is -0.784. The maximum absolute atomic E-state index is 11.5. The van der Waals surface area contributed by atoms with Gasteiger partial charge in [-0.15, -0.1) is 5.06 Å². The standard InChI is InChI=1S/C13H18N2O4/c16-11-6-7-12(17)15(11)10-2-1-5-13(18)19-14-8-3-4-9-14/h6-7H,1-5,8-10H2. The van der Waals surface area contributed by atoms with E-state index in [-0.39, 0.29) is 17.8 Å². The van der Waals surface area contributed by atoms with Crippen LogP contribution in [0.25, 0.3) is 0 Å². The molecule has 0 radical (unpaired) electrons. The number of unbranched alkanes of at least 4 members (excludes halogenated alkanes) is 1. The number of carbonyl (C=O) groups is 3. The zero-order valence-electron chi connectivity index (χ0n) is 10.8. The average Bonchev–Trinajstić information content (AvgIpc) is 2.98. The van der Waals surface area contributed by atoms with Crippen molar-refractivity contribution in [3.63, 3.8) is 0 Å². The minimum Gasteiger partial charge on any atom is -0.368 e. The minimum atomic E-state index is -0.273. The first kappa shape index (κ1) is 13.7. The highest BCUT2D eigenvalue weighted by atomic mass is 16.7. The van der Waals surface area contributed by atoms with Crippen molar-refractivity contribution >= 4 is 17.8 Å². The Labute approximate surface area is 111 Å². The monoisotopic (exact) mass is 266 g/mol. The number of amides is 2. The van der Waals surface area contributed by atoms with Gasteiger partial charge in [-0.2, -0.15) is 0 Å². The third-order valence-corrected chi connectivity index (χ3v) is 3.21. The molecule has 2 heterocycles. The molecule has 6 heteroatoms. The summed E-state index contributed by atoms with van der Waals surface area (Å²) in [6.45, 7) is 1.99. The Kier molecular flexibility index (Phi) is 4.68. The number of rotatable bonds is 6. The number of nitrogens with zero attached hydrogens (tertiary/aromatic N) is 2. The van der Waals surface area contributed by atoms with E-state index in [4.69, 9.17) is 4.84 Å². The zero-order chi connectivity index (χ0) is 13.7. The van der Waals surface area contributed by atoms with Gasteiger partial charge >= 0.3 is 5.97 Å². The molecule has 0 aromatic heterocycles. The van der Waals surface area contributed by atoms with Crippen LogP contribution in [-0.2, 0) is 19.2 Å². The fourth-order valence-electron chi connectivity index (χ4n) is 2.16. The van der Waals surface area contributed by atoms with Crippen molar-refractivity contribution in [2.24, 2.45) is 0 Å². The molecule has 2 aliphatic rings. The van der Waals surface area contributed by atoms with Crippen LogP contribution in [0.1, 0.15) is 32.1 Å². The van der Waals surface area contributed by atoms with Gasteiger partial charge in [0, 0.05) is 38.2 Å². The fraction of sp³-hybridized carbons (Fsp3) is 0.615. The van der Waals surface area contributed by atoms with E-state index in [1.165, 1.54) is 17.1 Å². The normalized spacial score (nSPS) is 19.5. The van der Waals surface area contributed by atoms with Crippen molar-refractivity contribution in [1.82, 2.24) is 9.96 Å². The molecular formula is C13H18N2O4. The summed E-state index contributed by atoms with van der Waals surface area (Å²) in [7, 11) is 0. The smallest absolute Gasteiger partial charge is 0.325 e. The van der Waals surface area contributed by atoms with Crippen LogP contribution < -0.4 is 0 Å². The fourth-order valence-corrected chi connectivity index (χ4v) is 2.16. The first-order chi connectivity index (χ1) is 9.16. The lowest BCUT2D eigenvalue weighted by atomic mass is 10.2. The molecular weight excluding hydrogens is 248 g/mol. The quantitative estimate of drug-likeness (QED) is 0.521. The average molecular weight is 266 g/mol. The Bertz CT molecular complexity index is 381. The molecule has 0 aliphatic carbocycles. The summed E-state index contributed by atoms with van der Waals surface area (Å²) in [5.41, 5.74) is 0. The molecule has 0 bridgehead atoms. The first-order valence-corrected chi connectivity index (χ1v) is 6.66. The zero-order valence-corrected chi connectivity index (χ0v) is 10.8. The second-order valence-electron chi connectivity index (χ2n) is 4.72. The van der Waals surface area contributed by atoms with Gasteiger partial charge in [0.1, 0.15) is 0 Å². The summed E-state index contributed by atoms with van der Waals surface area (Å²) >= 11 is 0. The van der Waals surface area contributed by atoms with E-state index in [1.807, 2.05) is 0 Å². The SMILES string of the molecule is O=C(CCCCN1C(=O)C=CC1=O)ON1CCCC1. The minimum absolute atomic E-state index is 0.237. The lowest BCUT2D eigenvalue weighted by Gasteiger charge is -2.15. The third kappa shape index (κ3) is 3.89. The van der Waals surface area contributed by atoms with Gasteiger partial charge in [-0.1, -0.05) is 0 Å². The predicted octanol–water partition coefficient (Wildman–Crippen LogP) is 0.636. The third-order valence-electron chi connectivity index (χ3n) is 3.21. The molecule has 0 saturated carbocycles. The molecule has 0 aromatic rings. The van der Waals surface area contributed by atoms with Gasteiger partial charge in [0.2, 0.25) is 0 Å². The Morgan fingerprint density at radius 3 is 2.37 bits per heavy atom. The van der Waals surface area contributed by atoms with Gasteiger partial charge in [0.15, 0.2) is 0 Å². The Morgan fingerprint density at radius 1 is 1.11 bits per heavy atom. The van der Waals surface area contributed by atoms with E-state index in [2.05, 4.69) is 0 Å². The lowest BCUT2D eigenvalue weighted by Crippen LogP contribution is -2.31. The van der Waals surface area contributed by atoms with E-state index >= 15 is 0 Å². The van der Waals surface area contributed by atoms with Crippen LogP contribution in [0, 0.1) is 0 Å². The highest BCUT2D eigenvalue weighted by Gasteiger charge is 2.22. The summed E-state index contributed by atoms with van der Waals surface area (Å²) in [6, 6.07) is 0. The van der Waals surface area contributed by atoms with Gasteiger partial charge in [-0.3, -0.25) is 19.3 Å². The number of hydrogen-bond donors (Lipinski definition) is 0. The summed E-state index contributed by atoms with van der Waals surface area (Å²) < 4.78 is 0. The largest absolute Gasteiger partial charge is 0.368 e. The van der Waals surface area contributed by atoms with Crippen LogP contribution >= 0.6 is 0 Å². The lowest BCUT2D eigenvalue weighted by molar-refractivity contribution is -0.185. The highest BCUT2D eigenvalue weighted by Crippen LogP contribution is 2.10. The Hall–Kier alpha value is -1.69. The molecule has 104 valence electrons. The second-order valence-corrected chi connectivity index (χ2v) is 4.72. The highest BCUT2D eigenvalue weighted by molar-refractivity contribution is 6.12. The summed E-state index contributed by atoms with van der Waals surface area (Å²) in [5, 5.41) is 1.69. The molecule has 6 nitrogen and oxygen atoms in total. The summed E-state index contributed by atoms with van der Waals surface area (Å²) in [6.07, 6.45) is 6.23. The van der Waals surface area contributed by atoms with Gasteiger partial charge in [-0.25, -0.2) is 0 Å². The van der Waals surface area contributed by atoms with Gasteiger partial charge in [0.05, 0.1) is 0 Å². The molecule has 1 saturated heterocycles. The maximum Gasteiger partial charge on any atom is 0.325 e. The van der Waals surface area contributed by atoms with E-state index in [0.717, 1.165) is 25.9 Å². The first-order valence-electron chi connectivity index (χ1n) is 6.66. The van der Waals surface area contributed by atoms with E-state index in [1.54, 1.807) is 5.06 Å². The van der Waals surface area contributed by atoms with Gasteiger partial charge in [0.25, 0.3) is 11.8 Å². The number of carbonyl (C=O) groups excluding carboxylic acids is 3. The molecule has 0 N–H and O–H groups in total. The summed E-state index contributed by atoms with van der Waals surface area (Å²) in [4.78, 5) is 40.4. The van der Waals surface area contributed by atoms with Crippen molar-refractivity contribution < 1.29 is 19.2 Å². The van der Waals surface area contributed by atoms with E-state index < -0.39 is 0 Å². The van der Waals surface area contributed by atoms with Gasteiger partial charge in [-0.05, 0) is 25.7 Å². The van der Waals surface area contributed by atoms with E-state index in [0.29, 0.717) is 25.8 Å². The second kappa shape index (κ2) is 6.47. The Balaban J connectivity index is 1.57. The topological polar surface area (TPSA) is 66.9 Å². The van der Waals surface area contributed by atoms with Crippen molar-refractivity contribution in [2.75, 3.05) is 19.6 Å². The molecule has 0 atom stereocenters. The van der Waals surface area contributed by atoms with E-state index in [9.17, 15) is 14.4 Å². The van der Waals surface area contributed by atoms with Crippen LogP contribution in [0.15, 0.2) is 12.2 Å². The number of imide groups is 1. The van der Waals surface area contributed by atoms with Crippen LogP contribution in [0.2, 0.25) is 0 Å². The maximum atomic E-state index is 11.5. The van der Waals surface area contributed by atoms with Crippen LogP contribution in [0.3, 0.4) is 0 Å². The number of hydroxylamine groups is 2. The molecule has 19 heavy (non-hydrogen) atoms. The van der Waals surface area contributed by atoms with Crippen molar-refractivity contribution in [3.05, 3.63) is 12.2 Å². The van der Waals surface area contributed by atoms with Crippen LogP contribution in [0.4, 0.5) is 0 Å². The molecule has 2 aliphatic heterocycles. The Morgan fingerprint density at radius 2 is 1.74 bits per heavy atom.